The predicted molar refractivity (Wildman–Crippen MR) is 76.3 cm³/mol. The Bertz CT molecular complexity index is 583. The summed E-state index contributed by atoms with van der Waals surface area (Å²) in [5.74, 6) is -1.29. The predicted octanol–water partition coefficient (Wildman–Crippen LogP) is 0.407. The monoisotopic (exact) mass is 290 g/mol. The lowest BCUT2D eigenvalue weighted by atomic mass is 10.0. The third-order valence-corrected chi connectivity index (χ3v) is 4.07. The second-order valence-electron chi connectivity index (χ2n) is 5.79. The van der Waals surface area contributed by atoms with E-state index in [0.717, 1.165) is 5.56 Å². The molecule has 2 aliphatic rings. The molecule has 1 unspecified atom stereocenters. The maximum atomic E-state index is 12.4. The molecule has 2 heterocycles. The summed E-state index contributed by atoms with van der Waals surface area (Å²) in [6.45, 7) is 3.25. The van der Waals surface area contributed by atoms with Crippen LogP contribution in [0.5, 0.6) is 0 Å². The number of benzene rings is 1. The van der Waals surface area contributed by atoms with Gasteiger partial charge in [0.15, 0.2) is 0 Å². The molecule has 6 heteroatoms. The van der Waals surface area contributed by atoms with Crippen molar-refractivity contribution < 1.29 is 19.4 Å². The van der Waals surface area contributed by atoms with E-state index in [1.54, 1.807) is 12.1 Å². The molecule has 0 spiro atoms. The van der Waals surface area contributed by atoms with E-state index >= 15 is 0 Å². The van der Waals surface area contributed by atoms with Crippen LogP contribution in [0, 0.1) is 0 Å². The minimum Gasteiger partial charge on any atom is -0.480 e. The van der Waals surface area contributed by atoms with Gasteiger partial charge < -0.3 is 15.2 Å². The standard InChI is InChI=1S/C15H18N2O4/c1-15(8-16-9-15)21-7-13(18)17-11-5-3-2-4-10(11)6-12(17)14(19)20/h2-5,12,16H,6-9H2,1H3,(H,19,20). The minimum absolute atomic E-state index is 0.101. The van der Waals surface area contributed by atoms with E-state index in [0.29, 0.717) is 25.2 Å². The Balaban J connectivity index is 1.77. The molecule has 2 aliphatic heterocycles. The number of carbonyl (C=O) groups is 2. The fourth-order valence-electron chi connectivity index (χ4n) is 2.78. The second kappa shape index (κ2) is 5.13. The summed E-state index contributed by atoms with van der Waals surface area (Å²) in [4.78, 5) is 25.2. The van der Waals surface area contributed by atoms with Gasteiger partial charge >= 0.3 is 5.97 Å². The van der Waals surface area contributed by atoms with Gasteiger partial charge in [-0.1, -0.05) is 18.2 Å². The molecule has 1 aromatic carbocycles. The molecule has 1 amide bonds. The highest BCUT2D eigenvalue weighted by atomic mass is 16.5. The molecule has 1 atom stereocenters. The first-order valence-corrected chi connectivity index (χ1v) is 6.98. The van der Waals surface area contributed by atoms with Crippen LogP contribution < -0.4 is 10.2 Å². The Morgan fingerprint density at radius 2 is 2.14 bits per heavy atom. The van der Waals surface area contributed by atoms with Crippen LogP contribution in [0.15, 0.2) is 24.3 Å². The number of nitrogens with one attached hydrogen (secondary N) is 1. The summed E-state index contributed by atoms with van der Waals surface area (Å²) in [7, 11) is 0. The van der Waals surface area contributed by atoms with Gasteiger partial charge in [-0.05, 0) is 18.6 Å². The molecule has 1 saturated heterocycles. The van der Waals surface area contributed by atoms with Gasteiger partial charge in [-0.2, -0.15) is 0 Å². The number of para-hydroxylation sites is 1. The summed E-state index contributed by atoms with van der Waals surface area (Å²) in [6.07, 6.45) is 0.343. The summed E-state index contributed by atoms with van der Waals surface area (Å²) in [6, 6.07) is 6.45. The van der Waals surface area contributed by atoms with Gasteiger partial charge in [0.25, 0.3) is 5.91 Å². The van der Waals surface area contributed by atoms with Crippen molar-refractivity contribution in [2.75, 3.05) is 24.6 Å². The molecule has 0 radical (unpaired) electrons. The number of fused-ring (bicyclic) bond motifs is 1. The van der Waals surface area contributed by atoms with E-state index in [9.17, 15) is 14.7 Å². The van der Waals surface area contributed by atoms with Crippen molar-refractivity contribution in [3.05, 3.63) is 29.8 Å². The Kier molecular flexibility index (Phi) is 3.43. The number of nitrogens with zero attached hydrogens (tertiary/aromatic N) is 1. The fraction of sp³-hybridized carbons (Fsp3) is 0.467. The number of hydrogen-bond donors (Lipinski definition) is 2. The van der Waals surface area contributed by atoms with Gasteiger partial charge in [0, 0.05) is 25.2 Å². The number of ether oxygens (including phenoxy) is 1. The quantitative estimate of drug-likeness (QED) is 0.839. The smallest absolute Gasteiger partial charge is 0.327 e. The summed E-state index contributed by atoms with van der Waals surface area (Å²) < 4.78 is 5.64. The van der Waals surface area contributed by atoms with Gasteiger partial charge in [0.1, 0.15) is 12.6 Å². The Morgan fingerprint density at radius 1 is 1.43 bits per heavy atom. The van der Waals surface area contributed by atoms with Crippen LogP contribution in [0.2, 0.25) is 0 Å². The average Bonchev–Trinajstić information content (AvgIpc) is 2.82. The van der Waals surface area contributed by atoms with Gasteiger partial charge in [0.05, 0.1) is 5.60 Å². The highest BCUT2D eigenvalue weighted by molar-refractivity contribution is 6.02. The zero-order valence-electron chi connectivity index (χ0n) is 11.8. The van der Waals surface area contributed by atoms with E-state index in [2.05, 4.69) is 5.32 Å². The molecule has 0 aliphatic carbocycles. The Labute approximate surface area is 122 Å². The molecule has 6 nitrogen and oxygen atoms in total. The van der Waals surface area contributed by atoms with E-state index in [1.807, 2.05) is 19.1 Å². The van der Waals surface area contributed by atoms with Gasteiger partial charge in [-0.25, -0.2) is 4.79 Å². The van der Waals surface area contributed by atoms with Crippen LogP contribution in [0.4, 0.5) is 5.69 Å². The number of anilines is 1. The van der Waals surface area contributed by atoms with E-state index < -0.39 is 12.0 Å². The van der Waals surface area contributed by atoms with Crippen LogP contribution in [-0.4, -0.2) is 48.3 Å². The Morgan fingerprint density at radius 3 is 2.76 bits per heavy atom. The maximum absolute atomic E-state index is 12.4. The summed E-state index contributed by atoms with van der Waals surface area (Å²) in [5.41, 5.74) is 1.23. The molecular weight excluding hydrogens is 272 g/mol. The number of rotatable bonds is 4. The molecule has 1 aromatic rings. The second-order valence-corrected chi connectivity index (χ2v) is 5.79. The summed E-state index contributed by atoms with van der Waals surface area (Å²) >= 11 is 0. The van der Waals surface area contributed by atoms with Crippen molar-refractivity contribution in [1.29, 1.82) is 0 Å². The number of aliphatic carboxylic acids is 1. The molecule has 0 aromatic heterocycles. The lowest BCUT2D eigenvalue weighted by molar-refractivity contribution is -0.142. The topological polar surface area (TPSA) is 78.9 Å². The van der Waals surface area contributed by atoms with Crippen molar-refractivity contribution in [3.63, 3.8) is 0 Å². The number of hydrogen-bond acceptors (Lipinski definition) is 4. The van der Waals surface area contributed by atoms with Gasteiger partial charge in [0.2, 0.25) is 0 Å². The third kappa shape index (κ3) is 2.52. The number of amides is 1. The van der Waals surface area contributed by atoms with Crippen molar-refractivity contribution in [3.8, 4) is 0 Å². The van der Waals surface area contributed by atoms with Crippen molar-refractivity contribution in [2.24, 2.45) is 0 Å². The van der Waals surface area contributed by atoms with Crippen molar-refractivity contribution in [1.82, 2.24) is 5.32 Å². The molecule has 112 valence electrons. The summed E-state index contributed by atoms with van der Waals surface area (Å²) in [5, 5.41) is 12.4. The van der Waals surface area contributed by atoms with E-state index in [1.165, 1.54) is 4.90 Å². The van der Waals surface area contributed by atoms with Crippen molar-refractivity contribution in [2.45, 2.75) is 25.0 Å². The van der Waals surface area contributed by atoms with E-state index in [4.69, 9.17) is 4.74 Å². The molecule has 21 heavy (non-hydrogen) atoms. The Hall–Kier alpha value is -1.92. The molecule has 0 saturated carbocycles. The fourth-order valence-corrected chi connectivity index (χ4v) is 2.78. The largest absolute Gasteiger partial charge is 0.480 e. The highest BCUT2D eigenvalue weighted by Gasteiger charge is 2.40. The van der Waals surface area contributed by atoms with Crippen LogP contribution >= 0.6 is 0 Å². The maximum Gasteiger partial charge on any atom is 0.327 e. The number of carboxylic acids is 1. The first-order chi connectivity index (χ1) is 10.0. The first-order valence-electron chi connectivity index (χ1n) is 6.98. The molecule has 2 N–H and O–H groups in total. The van der Waals surface area contributed by atoms with Crippen LogP contribution in [0.1, 0.15) is 12.5 Å². The van der Waals surface area contributed by atoms with Crippen molar-refractivity contribution >= 4 is 17.6 Å². The average molecular weight is 290 g/mol. The molecule has 1 fully saturated rings. The van der Waals surface area contributed by atoms with Crippen LogP contribution in [-0.2, 0) is 20.7 Å². The minimum atomic E-state index is -0.990. The lowest BCUT2D eigenvalue weighted by Gasteiger charge is -2.39. The van der Waals surface area contributed by atoms with E-state index in [-0.39, 0.29) is 18.1 Å². The highest BCUT2D eigenvalue weighted by Crippen LogP contribution is 2.32. The van der Waals surface area contributed by atoms with Gasteiger partial charge in [-0.3, -0.25) is 9.69 Å². The van der Waals surface area contributed by atoms with Gasteiger partial charge in [-0.15, -0.1) is 0 Å². The number of carbonyl (C=O) groups excluding carboxylic acids is 1. The zero-order valence-corrected chi connectivity index (χ0v) is 11.8. The third-order valence-electron chi connectivity index (χ3n) is 4.07. The SMILES string of the molecule is CC1(OCC(=O)N2c3ccccc3CC2C(=O)O)CNC1. The molecular formula is C15H18N2O4. The lowest BCUT2D eigenvalue weighted by Crippen LogP contribution is -2.60. The first kappa shape index (κ1) is 14.0. The van der Waals surface area contributed by atoms with Crippen LogP contribution in [0.25, 0.3) is 0 Å². The number of carboxylic acid groups (broad SMARTS) is 1. The molecule has 0 bridgehead atoms. The van der Waals surface area contributed by atoms with Crippen LogP contribution in [0.3, 0.4) is 0 Å². The zero-order chi connectivity index (χ0) is 15.0. The molecule has 3 rings (SSSR count). The normalized spacial score (nSPS) is 22.5.